The van der Waals surface area contributed by atoms with Gasteiger partial charge in [0.25, 0.3) is 0 Å². The summed E-state index contributed by atoms with van der Waals surface area (Å²) in [5.41, 5.74) is 6.29. The van der Waals surface area contributed by atoms with Crippen molar-refractivity contribution in [3.05, 3.63) is 18.3 Å². The number of anilines is 2. The minimum Gasteiger partial charge on any atom is -0.389 e. The highest BCUT2D eigenvalue weighted by molar-refractivity contribution is 5.48. The molecule has 0 radical (unpaired) electrons. The maximum Gasteiger partial charge on any atom is 0.123 e. The Morgan fingerprint density at radius 1 is 1.30 bits per heavy atom. The lowest BCUT2D eigenvalue weighted by Crippen LogP contribution is -2.45. The van der Waals surface area contributed by atoms with E-state index in [-0.39, 0.29) is 0 Å². The van der Waals surface area contributed by atoms with Crippen molar-refractivity contribution in [2.75, 3.05) is 23.7 Å². The Kier molecular flexibility index (Phi) is 4.86. The molecule has 3 rings (SSSR count). The van der Waals surface area contributed by atoms with Crippen molar-refractivity contribution in [1.29, 1.82) is 0 Å². The normalized spacial score (nSPS) is 21.1. The second-order valence-electron chi connectivity index (χ2n) is 6.01. The molecule has 0 aromatic carbocycles. The van der Waals surface area contributed by atoms with E-state index in [1.54, 1.807) is 0 Å². The van der Waals surface area contributed by atoms with Gasteiger partial charge in [-0.15, -0.1) is 0 Å². The van der Waals surface area contributed by atoms with Gasteiger partial charge < -0.3 is 15.7 Å². The predicted octanol–water partition coefficient (Wildman–Crippen LogP) is 2.82. The molecule has 1 saturated carbocycles. The number of piperidine rings is 1. The number of hydrogen-bond acceptors (Lipinski definition) is 4. The molecule has 0 atom stereocenters. The Morgan fingerprint density at radius 3 is 2.35 bits per heavy atom. The first-order chi connectivity index (χ1) is 9.59. The molecule has 1 aliphatic heterocycles. The second-order valence-corrected chi connectivity index (χ2v) is 6.01. The van der Waals surface area contributed by atoms with Crippen LogP contribution in [0.3, 0.4) is 0 Å². The standard InChI is InChI=1S/C13H19N3O.C3H8/c14-12-4-3-11(9-15-12)16-7-5-13(17,6-8-16)10-1-2-10;1-3-2/h3-4,9-10,17H,1-2,5-8H2,(H2,14,15);3H2,1-2H3. The van der Waals surface area contributed by atoms with Gasteiger partial charge in [-0.05, 0) is 43.7 Å². The molecule has 4 heteroatoms. The summed E-state index contributed by atoms with van der Waals surface area (Å²) in [6.07, 6.45) is 7.24. The maximum atomic E-state index is 10.5. The molecule has 2 fully saturated rings. The summed E-state index contributed by atoms with van der Waals surface area (Å²) in [5.74, 6) is 1.12. The molecular weight excluding hydrogens is 250 g/mol. The lowest BCUT2D eigenvalue weighted by atomic mass is 9.86. The topological polar surface area (TPSA) is 62.4 Å². The second kappa shape index (κ2) is 6.44. The fourth-order valence-corrected chi connectivity index (χ4v) is 2.77. The van der Waals surface area contributed by atoms with E-state index in [4.69, 9.17) is 5.73 Å². The van der Waals surface area contributed by atoms with Crippen molar-refractivity contribution in [3.8, 4) is 0 Å². The van der Waals surface area contributed by atoms with Crippen molar-refractivity contribution in [2.24, 2.45) is 5.92 Å². The Bertz CT molecular complexity index is 406. The molecule has 1 aromatic heterocycles. The van der Waals surface area contributed by atoms with Crippen LogP contribution in [0.2, 0.25) is 0 Å². The minimum absolute atomic E-state index is 0.391. The summed E-state index contributed by atoms with van der Waals surface area (Å²) in [6.45, 7) is 6.08. The van der Waals surface area contributed by atoms with E-state index in [1.807, 2.05) is 18.3 Å². The molecule has 1 saturated heterocycles. The smallest absolute Gasteiger partial charge is 0.123 e. The van der Waals surface area contributed by atoms with Gasteiger partial charge in [-0.3, -0.25) is 0 Å². The van der Waals surface area contributed by atoms with Gasteiger partial charge in [0.05, 0.1) is 17.5 Å². The molecule has 3 N–H and O–H groups in total. The van der Waals surface area contributed by atoms with Crippen LogP contribution in [0.1, 0.15) is 46.0 Å². The molecule has 1 aliphatic carbocycles. The Balaban J connectivity index is 0.000000452. The van der Waals surface area contributed by atoms with Crippen molar-refractivity contribution >= 4 is 11.5 Å². The van der Waals surface area contributed by atoms with E-state index >= 15 is 0 Å². The number of aliphatic hydroxyl groups is 1. The Morgan fingerprint density at radius 2 is 1.90 bits per heavy atom. The van der Waals surface area contributed by atoms with Crippen LogP contribution in [0.15, 0.2) is 18.3 Å². The largest absolute Gasteiger partial charge is 0.389 e. The molecule has 0 unspecified atom stereocenters. The first-order valence-electron chi connectivity index (χ1n) is 7.78. The fraction of sp³-hybridized carbons (Fsp3) is 0.688. The first-order valence-corrected chi connectivity index (χ1v) is 7.78. The van der Waals surface area contributed by atoms with Crippen molar-refractivity contribution in [3.63, 3.8) is 0 Å². The molecule has 2 aliphatic rings. The summed E-state index contributed by atoms with van der Waals surface area (Å²) in [7, 11) is 0. The average molecular weight is 277 g/mol. The van der Waals surface area contributed by atoms with E-state index in [0.29, 0.717) is 11.7 Å². The Hall–Kier alpha value is -1.29. The van der Waals surface area contributed by atoms with E-state index in [2.05, 4.69) is 23.7 Å². The third-order valence-electron chi connectivity index (χ3n) is 4.10. The van der Waals surface area contributed by atoms with E-state index < -0.39 is 5.60 Å². The van der Waals surface area contributed by atoms with Crippen LogP contribution in [0, 0.1) is 5.92 Å². The van der Waals surface area contributed by atoms with Crippen molar-refractivity contribution in [1.82, 2.24) is 4.98 Å². The number of pyridine rings is 1. The molecular formula is C16H27N3O. The van der Waals surface area contributed by atoms with Crippen LogP contribution < -0.4 is 10.6 Å². The van der Waals surface area contributed by atoms with Gasteiger partial charge in [0.1, 0.15) is 5.82 Å². The first kappa shape index (κ1) is 15.1. The zero-order valence-electron chi connectivity index (χ0n) is 12.7. The molecule has 1 aromatic rings. The van der Waals surface area contributed by atoms with Gasteiger partial charge in [0, 0.05) is 13.1 Å². The number of nitrogen functional groups attached to an aromatic ring is 1. The number of nitrogens with zero attached hydrogens (tertiary/aromatic N) is 2. The molecule has 4 nitrogen and oxygen atoms in total. The highest BCUT2D eigenvalue weighted by Crippen LogP contribution is 2.45. The van der Waals surface area contributed by atoms with E-state index in [0.717, 1.165) is 31.6 Å². The summed E-state index contributed by atoms with van der Waals surface area (Å²) in [5, 5.41) is 10.5. The average Bonchev–Trinajstić information content (AvgIpc) is 3.27. The van der Waals surface area contributed by atoms with Crippen LogP contribution >= 0.6 is 0 Å². The predicted molar refractivity (Wildman–Crippen MR) is 83.7 cm³/mol. The van der Waals surface area contributed by atoms with E-state index in [9.17, 15) is 5.11 Å². The lowest BCUT2D eigenvalue weighted by Gasteiger charge is -2.39. The zero-order chi connectivity index (χ0) is 14.6. The summed E-state index contributed by atoms with van der Waals surface area (Å²) in [4.78, 5) is 6.39. The molecule has 0 bridgehead atoms. The van der Waals surface area contributed by atoms with Crippen LogP contribution in [0.5, 0.6) is 0 Å². The van der Waals surface area contributed by atoms with Crippen molar-refractivity contribution in [2.45, 2.75) is 51.6 Å². The number of aromatic nitrogens is 1. The summed E-state index contributed by atoms with van der Waals surface area (Å²) < 4.78 is 0. The van der Waals surface area contributed by atoms with Gasteiger partial charge in [0.15, 0.2) is 0 Å². The highest BCUT2D eigenvalue weighted by atomic mass is 16.3. The van der Waals surface area contributed by atoms with Crippen LogP contribution in [-0.4, -0.2) is 28.8 Å². The van der Waals surface area contributed by atoms with Crippen LogP contribution in [0.25, 0.3) is 0 Å². The summed E-state index contributed by atoms with van der Waals surface area (Å²) in [6, 6.07) is 3.83. The van der Waals surface area contributed by atoms with Gasteiger partial charge in [0.2, 0.25) is 0 Å². The number of nitrogens with two attached hydrogens (primary N) is 1. The van der Waals surface area contributed by atoms with Crippen molar-refractivity contribution < 1.29 is 5.11 Å². The number of hydrogen-bond donors (Lipinski definition) is 2. The van der Waals surface area contributed by atoms with Gasteiger partial charge in [-0.2, -0.15) is 0 Å². The van der Waals surface area contributed by atoms with Crippen LogP contribution in [-0.2, 0) is 0 Å². The molecule has 112 valence electrons. The Labute approximate surface area is 122 Å². The van der Waals surface area contributed by atoms with Gasteiger partial charge in [-0.25, -0.2) is 4.98 Å². The third-order valence-corrected chi connectivity index (χ3v) is 4.10. The quantitative estimate of drug-likeness (QED) is 0.872. The lowest BCUT2D eigenvalue weighted by molar-refractivity contribution is -0.00531. The summed E-state index contributed by atoms with van der Waals surface area (Å²) >= 11 is 0. The fourth-order valence-electron chi connectivity index (χ4n) is 2.77. The van der Waals surface area contributed by atoms with E-state index in [1.165, 1.54) is 19.3 Å². The van der Waals surface area contributed by atoms with Gasteiger partial charge in [-0.1, -0.05) is 20.3 Å². The van der Waals surface area contributed by atoms with Gasteiger partial charge >= 0.3 is 0 Å². The SMILES string of the molecule is CCC.Nc1ccc(N2CCC(O)(C3CC3)CC2)cn1. The monoisotopic (exact) mass is 277 g/mol. The van der Waals surface area contributed by atoms with Crippen LogP contribution in [0.4, 0.5) is 11.5 Å². The molecule has 0 amide bonds. The molecule has 2 heterocycles. The highest BCUT2D eigenvalue weighted by Gasteiger charge is 2.45. The molecule has 0 spiro atoms. The zero-order valence-corrected chi connectivity index (χ0v) is 12.7. The number of rotatable bonds is 2. The maximum absolute atomic E-state index is 10.5. The molecule has 20 heavy (non-hydrogen) atoms. The minimum atomic E-state index is -0.391. The third kappa shape index (κ3) is 3.63.